The van der Waals surface area contributed by atoms with Crippen molar-refractivity contribution >= 4 is 11.0 Å². The molecule has 3 N–H and O–H groups in total. The maximum absolute atomic E-state index is 4.56. The minimum Gasteiger partial charge on any atom is -0.341 e. The van der Waals surface area contributed by atoms with E-state index in [0.717, 1.165) is 49.0 Å². The number of nitrogens with one attached hydrogen (secondary N) is 3. The Labute approximate surface area is 107 Å². The summed E-state index contributed by atoms with van der Waals surface area (Å²) in [5.41, 5.74) is 2.17. The van der Waals surface area contributed by atoms with Gasteiger partial charge in [-0.2, -0.15) is 0 Å². The number of hydrogen-bond donors (Lipinski definition) is 3. The summed E-state index contributed by atoms with van der Waals surface area (Å²) in [4.78, 5) is 7.91. The maximum Gasteiger partial charge on any atom is 0.121 e. The SMILES string of the molecule is c1ccc2[nH]c(CNCC3CCNCC3)nc2c1. The molecule has 0 amide bonds. The summed E-state index contributed by atoms with van der Waals surface area (Å²) in [5, 5.41) is 6.91. The van der Waals surface area contributed by atoms with Crippen molar-refractivity contribution in [2.45, 2.75) is 19.4 Å². The molecule has 0 atom stereocenters. The monoisotopic (exact) mass is 244 g/mol. The molecule has 4 heteroatoms. The molecule has 96 valence electrons. The van der Waals surface area contributed by atoms with E-state index < -0.39 is 0 Å². The number of nitrogens with zero attached hydrogens (tertiary/aromatic N) is 1. The molecule has 0 spiro atoms. The van der Waals surface area contributed by atoms with E-state index in [1.807, 2.05) is 18.2 Å². The molecule has 1 aromatic carbocycles. The first-order valence-corrected chi connectivity index (χ1v) is 6.77. The van der Waals surface area contributed by atoms with Gasteiger partial charge in [0.15, 0.2) is 0 Å². The smallest absolute Gasteiger partial charge is 0.121 e. The van der Waals surface area contributed by atoms with Gasteiger partial charge in [-0.1, -0.05) is 12.1 Å². The van der Waals surface area contributed by atoms with E-state index in [9.17, 15) is 0 Å². The molecule has 1 aliphatic heterocycles. The number of aromatic amines is 1. The van der Waals surface area contributed by atoms with Crippen molar-refractivity contribution in [1.82, 2.24) is 20.6 Å². The van der Waals surface area contributed by atoms with Gasteiger partial charge in [-0.3, -0.25) is 0 Å². The minimum absolute atomic E-state index is 0.815. The molecule has 4 nitrogen and oxygen atoms in total. The highest BCUT2D eigenvalue weighted by Crippen LogP contribution is 2.12. The average molecular weight is 244 g/mol. The van der Waals surface area contributed by atoms with Gasteiger partial charge in [-0.15, -0.1) is 0 Å². The summed E-state index contributed by atoms with van der Waals surface area (Å²) in [6.07, 6.45) is 2.57. The zero-order valence-corrected chi connectivity index (χ0v) is 10.6. The molecular formula is C14H20N4. The summed E-state index contributed by atoms with van der Waals surface area (Å²) in [6, 6.07) is 8.17. The number of H-pyrrole nitrogens is 1. The molecule has 1 fully saturated rings. The van der Waals surface area contributed by atoms with Crippen LogP contribution in [0.5, 0.6) is 0 Å². The van der Waals surface area contributed by atoms with Crippen LogP contribution >= 0.6 is 0 Å². The second-order valence-electron chi connectivity index (χ2n) is 5.02. The molecule has 0 unspecified atom stereocenters. The molecule has 1 saturated heterocycles. The first-order valence-electron chi connectivity index (χ1n) is 6.77. The van der Waals surface area contributed by atoms with Gasteiger partial charge in [0.2, 0.25) is 0 Å². The van der Waals surface area contributed by atoms with E-state index in [4.69, 9.17) is 0 Å². The number of imidazole rings is 1. The molecular weight excluding hydrogens is 224 g/mol. The van der Waals surface area contributed by atoms with Crippen LogP contribution in [0.3, 0.4) is 0 Å². The van der Waals surface area contributed by atoms with Crippen molar-refractivity contribution < 1.29 is 0 Å². The van der Waals surface area contributed by atoms with E-state index in [2.05, 4.69) is 26.7 Å². The topological polar surface area (TPSA) is 52.7 Å². The van der Waals surface area contributed by atoms with E-state index in [-0.39, 0.29) is 0 Å². The standard InChI is InChI=1S/C14H20N4/c1-2-4-13-12(3-1)17-14(18-13)10-16-9-11-5-7-15-8-6-11/h1-4,11,15-16H,5-10H2,(H,17,18). The van der Waals surface area contributed by atoms with E-state index in [1.165, 1.54) is 12.8 Å². The van der Waals surface area contributed by atoms with Gasteiger partial charge >= 0.3 is 0 Å². The molecule has 1 aliphatic rings. The number of piperidine rings is 1. The van der Waals surface area contributed by atoms with Crippen LogP contribution in [-0.4, -0.2) is 29.6 Å². The van der Waals surface area contributed by atoms with Gasteiger partial charge in [0.1, 0.15) is 5.82 Å². The molecule has 0 radical (unpaired) electrons. The highest BCUT2D eigenvalue weighted by Gasteiger charge is 2.12. The summed E-state index contributed by atoms with van der Waals surface area (Å²) < 4.78 is 0. The van der Waals surface area contributed by atoms with Crippen LogP contribution in [-0.2, 0) is 6.54 Å². The van der Waals surface area contributed by atoms with Crippen molar-refractivity contribution in [2.24, 2.45) is 5.92 Å². The Balaban J connectivity index is 1.53. The molecule has 2 aromatic rings. The third kappa shape index (κ3) is 2.71. The second-order valence-corrected chi connectivity index (χ2v) is 5.02. The Morgan fingerprint density at radius 3 is 2.89 bits per heavy atom. The molecule has 18 heavy (non-hydrogen) atoms. The number of rotatable bonds is 4. The van der Waals surface area contributed by atoms with Crippen molar-refractivity contribution in [3.05, 3.63) is 30.1 Å². The lowest BCUT2D eigenvalue weighted by Crippen LogP contribution is -2.33. The van der Waals surface area contributed by atoms with Crippen molar-refractivity contribution in [3.63, 3.8) is 0 Å². The Hall–Kier alpha value is -1.39. The normalized spacial score (nSPS) is 17.3. The average Bonchev–Trinajstić information content (AvgIpc) is 2.82. The van der Waals surface area contributed by atoms with Crippen LogP contribution in [0.15, 0.2) is 24.3 Å². The minimum atomic E-state index is 0.815. The Morgan fingerprint density at radius 1 is 1.22 bits per heavy atom. The lowest BCUT2D eigenvalue weighted by Gasteiger charge is -2.22. The number of benzene rings is 1. The van der Waals surface area contributed by atoms with Crippen molar-refractivity contribution in [1.29, 1.82) is 0 Å². The van der Waals surface area contributed by atoms with Crippen LogP contribution in [0.2, 0.25) is 0 Å². The molecule has 2 heterocycles. The number of aromatic nitrogens is 2. The zero-order chi connectivity index (χ0) is 12.2. The van der Waals surface area contributed by atoms with Gasteiger partial charge < -0.3 is 15.6 Å². The lowest BCUT2D eigenvalue weighted by molar-refractivity contribution is 0.355. The summed E-state index contributed by atoms with van der Waals surface area (Å²) in [6.45, 7) is 4.26. The Kier molecular flexibility index (Phi) is 3.57. The Morgan fingerprint density at radius 2 is 2.06 bits per heavy atom. The quantitative estimate of drug-likeness (QED) is 0.766. The van der Waals surface area contributed by atoms with Crippen LogP contribution in [0, 0.1) is 5.92 Å². The van der Waals surface area contributed by atoms with Gasteiger partial charge in [0.05, 0.1) is 17.6 Å². The van der Waals surface area contributed by atoms with Gasteiger partial charge in [-0.25, -0.2) is 4.98 Å². The fourth-order valence-electron chi connectivity index (χ4n) is 2.57. The van der Waals surface area contributed by atoms with Crippen molar-refractivity contribution in [3.8, 4) is 0 Å². The molecule has 0 bridgehead atoms. The second kappa shape index (κ2) is 5.50. The van der Waals surface area contributed by atoms with E-state index in [1.54, 1.807) is 0 Å². The predicted octanol–water partition coefficient (Wildman–Crippen LogP) is 1.65. The lowest BCUT2D eigenvalue weighted by atomic mass is 9.98. The summed E-state index contributed by atoms with van der Waals surface area (Å²) >= 11 is 0. The zero-order valence-electron chi connectivity index (χ0n) is 10.6. The molecule has 0 saturated carbocycles. The van der Waals surface area contributed by atoms with Crippen LogP contribution in [0.4, 0.5) is 0 Å². The first-order chi connectivity index (χ1) is 8.92. The largest absolute Gasteiger partial charge is 0.341 e. The molecule has 3 rings (SSSR count). The number of hydrogen-bond acceptors (Lipinski definition) is 3. The third-order valence-corrected chi connectivity index (χ3v) is 3.62. The maximum atomic E-state index is 4.56. The first kappa shape index (κ1) is 11.7. The Bertz CT molecular complexity index is 466. The van der Waals surface area contributed by atoms with Crippen LogP contribution in [0.25, 0.3) is 11.0 Å². The van der Waals surface area contributed by atoms with E-state index >= 15 is 0 Å². The summed E-state index contributed by atoms with van der Waals surface area (Å²) in [5.74, 6) is 1.85. The predicted molar refractivity (Wildman–Crippen MR) is 73.4 cm³/mol. The number of para-hydroxylation sites is 2. The van der Waals surface area contributed by atoms with E-state index in [0.29, 0.717) is 0 Å². The van der Waals surface area contributed by atoms with Crippen LogP contribution < -0.4 is 10.6 Å². The highest BCUT2D eigenvalue weighted by atomic mass is 15.0. The van der Waals surface area contributed by atoms with Crippen molar-refractivity contribution in [2.75, 3.05) is 19.6 Å². The fraction of sp³-hybridized carbons (Fsp3) is 0.500. The molecule has 0 aliphatic carbocycles. The fourth-order valence-corrected chi connectivity index (χ4v) is 2.57. The van der Waals surface area contributed by atoms with Gasteiger partial charge in [0, 0.05) is 0 Å². The van der Waals surface area contributed by atoms with Gasteiger partial charge in [-0.05, 0) is 50.5 Å². The third-order valence-electron chi connectivity index (χ3n) is 3.62. The molecule has 1 aromatic heterocycles. The van der Waals surface area contributed by atoms with Gasteiger partial charge in [0.25, 0.3) is 0 Å². The number of fused-ring (bicyclic) bond motifs is 1. The highest BCUT2D eigenvalue weighted by molar-refractivity contribution is 5.74. The summed E-state index contributed by atoms with van der Waals surface area (Å²) in [7, 11) is 0. The van der Waals surface area contributed by atoms with Crippen LogP contribution in [0.1, 0.15) is 18.7 Å².